The molecule has 1 unspecified atom stereocenters. The van der Waals surface area contributed by atoms with Crippen LogP contribution in [0.1, 0.15) is 17.4 Å². The number of rotatable bonds is 2. The third-order valence-corrected chi connectivity index (χ3v) is 3.69. The first-order valence-corrected chi connectivity index (χ1v) is 6.67. The molecular weight excluding hydrogens is 330 g/mol. The summed E-state index contributed by atoms with van der Waals surface area (Å²) in [7, 11) is 0. The number of hydrogen-bond donors (Lipinski definition) is 1. The summed E-state index contributed by atoms with van der Waals surface area (Å²) in [6, 6.07) is 10.7. The Morgan fingerprint density at radius 3 is 2.60 bits per heavy atom. The van der Waals surface area contributed by atoms with E-state index in [0.717, 1.165) is 15.9 Å². The van der Waals surface area contributed by atoms with E-state index in [9.17, 15) is 13.9 Å². The van der Waals surface area contributed by atoms with Crippen LogP contribution in [-0.4, -0.2) is 5.11 Å². The molecule has 0 aliphatic carbocycles. The smallest absolute Gasteiger partial charge is 0.165 e. The van der Waals surface area contributed by atoms with Crippen molar-refractivity contribution in [2.75, 3.05) is 0 Å². The first-order chi connectivity index (χ1) is 9.58. The van der Waals surface area contributed by atoms with Gasteiger partial charge in [-0.1, -0.05) is 24.3 Å². The lowest BCUT2D eigenvalue weighted by Gasteiger charge is -2.09. The highest BCUT2D eigenvalue weighted by Crippen LogP contribution is 2.33. The van der Waals surface area contributed by atoms with Gasteiger partial charge in [-0.15, -0.1) is 0 Å². The van der Waals surface area contributed by atoms with Crippen LogP contribution in [0, 0.1) is 11.6 Å². The van der Waals surface area contributed by atoms with Crippen LogP contribution in [0.5, 0.6) is 0 Å². The predicted octanol–water partition coefficient (Wildman–Crippen LogP) is 4.56. The predicted molar refractivity (Wildman–Crippen MR) is 74.3 cm³/mol. The molecule has 5 heteroatoms. The van der Waals surface area contributed by atoms with E-state index in [1.54, 1.807) is 12.1 Å². The number of halogens is 3. The van der Waals surface area contributed by atoms with Gasteiger partial charge in [0.05, 0.1) is 4.47 Å². The largest absolute Gasteiger partial charge is 0.457 e. The lowest BCUT2D eigenvalue weighted by atomic mass is 10.1. The minimum atomic E-state index is -1.36. The highest BCUT2D eigenvalue weighted by atomic mass is 79.9. The van der Waals surface area contributed by atoms with E-state index >= 15 is 0 Å². The Morgan fingerprint density at radius 1 is 1.10 bits per heavy atom. The SMILES string of the molecule is OC(c1cc2cccc(Br)c2o1)c1cccc(F)c1F. The molecule has 0 bridgehead atoms. The molecule has 3 rings (SSSR count). The fraction of sp³-hybridized carbons (Fsp3) is 0.0667. The van der Waals surface area contributed by atoms with Crippen molar-refractivity contribution >= 4 is 26.9 Å². The Hall–Kier alpha value is -1.72. The second-order valence-corrected chi connectivity index (χ2v) is 5.21. The summed E-state index contributed by atoms with van der Waals surface area (Å²) in [6.45, 7) is 0. The Bertz CT molecular complexity index is 783. The number of benzene rings is 2. The zero-order valence-electron chi connectivity index (χ0n) is 10.1. The highest BCUT2D eigenvalue weighted by Gasteiger charge is 2.21. The van der Waals surface area contributed by atoms with Crippen molar-refractivity contribution in [2.24, 2.45) is 0 Å². The molecule has 2 aromatic carbocycles. The van der Waals surface area contributed by atoms with E-state index in [4.69, 9.17) is 4.42 Å². The number of aliphatic hydroxyl groups is 1. The Kier molecular flexibility index (Phi) is 3.31. The van der Waals surface area contributed by atoms with E-state index in [0.29, 0.717) is 5.58 Å². The van der Waals surface area contributed by atoms with Gasteiger partial charge >= 0.3 is 0 Å². The maximum atomic E-state index is 13.7. The Balaban J connectivity index is 2.10. The van der Waals surface area contributed by atoms with E-state index in [1.807, 2.05) is 12.1 Å². The van der Waals surface area contributed by atoms with Crippen LogP contribution < -0.4 is 0 Å². The van der Waals surface area contributed by atoms with E-state index in [2.05, 4.69) is 15.9 Å². The van der Waals surface area contributed by atoms with Crippen molar-refractivity contribution in [3.63, 3.8) is 0 Å². The van der Waals surface area contributed by atoms with Gasteiger partial charge in [-0.25, -0.2) is 8.78 Å². The van der Waals surface area contributed by atoms with Crippen LogP contribution in [-0.2, 0) is 0 Å². The average Bonchev–Trinajstić information content (AvgIpc) is 2.87. The molecule has 0 saturated carbocycles. The topological polar surface area (TPSA) is 33.4 Å². The maximum Gasteiger partial charge on any atom is 0.165 e. The molecule has 1 N–H and O–H groups in total. The Labute approximate surface area is 121 Å². The number of furan rings is 1. The van der Waals surface area contributed by atoms with Gasteiger partial charge in [0, 0.05) is 10.9 Å². The third kappa shape index (κ3) is 2.13. The van der Waals surface area contributed by atoms with Gasteiger partial charge < -0.3 is 9.52 Å². The normalized spacial score (nSPS) is 12.8. The molecule has 0 amide bonds. The lowest BCUT2D eigenvalue weighted by molar-refractivity contribution is 0.186. The van der Waals surface area contributed by atoms with Crippen LogP contribution in [0.3, 0.4) is 0 Å². The summed E-state index contributed by atoms with van der Waals surface area (Å²) in [5, 5.41) is 10.9. The number of aliphatic hydroxyl groups excluding tert-OH is 1. The van der Waals surface area contributed by atoms with Crippen LogP contribution in [0.15, 0.2) is 51.4 Å². The first kappa shape index (κ1) is 13.3. The first-order valence-electron chi connectivity index (χ1n) is 5.88. The average molecular weight is 339 g/mol. The summed E-state index contributed by atoms with van der Waals surface area (Å²) >= 11 is 3.33. The van der Waals surface area contributed by atoms with Crippen molar-refractivity contribution in [3.05, 3.63) is 69.9 Å². The van der Waals surface area contributed by atoms with Crippen LogP contribution >= 0.6 is 15.9 Å². The van der Waals surface area contributed by atoms with Crippen molar-refractivity contribution in [2.45, 2.75) is 6.10 Å². The summed E-state index contributed by atoms with van der Waals surface area (Å²) < 4.78 is 33.1. The van der Waals surface area contributed by atoms with Crippen molar-refractivity contribution < 1.29 is 18.3 Å². The number of fused-ring (bicyclic) bond motifs is 1. The van der Waals surface area contributed by atoms with Crippen LogP contribution in [0.2, 0.25) is 0 Å². The molecule has 2 nitrogen and oxygen atoms in total. The summed E-state index contributed by atoms with van der Waals surface area (Å²) in [5.74, 6) is -1.91. The van der Waals surface area contributed by atoms with Crippen LogP contribution in [0.25, 0.3) is 11.0 Å². The molecule has 20 heavy (non-hydrogen) atoms. The molecule has 0 spiro atoms. The quantitative estimate of drug-likeness (QED) is 0.743. The molecule has 102 valence electrons. The molecule has 0 radical (unpaired) electrons. The maximum absolute atomic E-state index is 13.7. The summed E-state index contributed by atoms with van der Waals surface area (Å²) in [5.41, 5.74) is 0.401. The highest BCUT2D eigenvalue weighted by molar-refractivity contribution is 9.10. The monoisotopic (exact) mass is 338 g/mol. The molecular formula is C15H9BrF2O2. The second kappa shape index (κ2) is 5.00. The molecule has 3 aromatic rings. The van der Waals surface area contributed by atoms with Crippen molar-refractivity contribution in [1.29, 1.82) is 0 Å². The third-order valence-electron chi connectivity index (χ3n) is 3.06. The summed E-state index contributed by atoms with van der Waals surface area (Å²) in [6.07, 6.45) is -1.36. The fourth-order valence-electron chi connectivity index (χ4n) is 2.07. The second-order valence-electron chi connectivity index (χ2n) is 4.35. The molecule has 1 aromatic heterocycles. The van der Waals surface area contributed by atoms with Crippen LogP contribution in [0.4, 0.5) is 8.78 Å². The van der Waals surface area contributed by atoms with Gasteiger partial charge in [-0.2, -0.15) is 0 Å². The van der Waals surface area contributed by atoms with Crippen molar-refractivity contribution in [3.8, 4) is 0 Å². The number of hydrogen-bond acceptors (Lipinski definition) is 2. The van der Waals surface area contributed by atoms with Gasteiger partial charge in [-0.05, 0) is 34.1 Å². The standard InChI is InChI=1S/C15H9BrF2O2/c16-10-5-1-3-8-7-12(20-15(8)10)14(19)9-4-2-6-11(17)13(9)18/h1-7,14,19H. The molecule has 1 heterocycles. The lowest BCUT2D eigenvalue weighted by Crippen LogP contribution is -2.02. The van der Waals surface area contributed by atoms with Crippen molar-refractivity contribution in [1.82, 2.24) is 0 Å². The summed E-state index contributed by atoms with van der Waals surface area (Å²) in [4.78, 5) is 0. The van der Waals surface area contributed by atoms with Gasteiger partial charge in [0.25, 0.3) is 0 Å². The van der Waals surface area contributed by atoms with E-state index in [1.165, 1.54) is 12.1 Å². The minimum Gasteiger partial charge on any atom is -0.457 e. The minimum absolute atomic E-state index is 0.153. The van der Waals surface area contributed by atoms with Gasteiger partial charge in [0.15, 0.2) is 11.6 Å². The Morgan fingerprint density at radius 2 is 1.85 bits per heavy atom. The molecule has 0 saturated heterocycles. The van der Waals surface area contributed by atoms with E-state index < -0.39 is 17.7 Å². The zero-order chi connectivity index (χ0) is 14.3. The fourth-order valence-corrected chi connectivity index (χ4v) is 2.53. The molecule has 0 aliphatic rings. The van der Waals surface area contributed by atoms with Gasteiger partial charge in [0.1, 0.15) is 17.4 Å². The molecule has 0 fully saturated rings. The zero-order valence-corrected chi connectivity index (χ0v) is 11.7. The van der Waals surface area contributed by atoms with Gasteiger partial charge in [-0.3, -0.25) is 0 Å². The molecule has 0 aliphatic heterocycles. The molecule has 1 atom stereocenters. The van der Waals surface area contributed by atoms with Gasteiger partial charge in [0.2, 0.25) is 0 Å². The van der Waals surface area contributed by atoms with E-state index in [-0.39, 0.29) is 11.3 Å². The number of para-hydroxylation sites is 1.